The Morgan fingerprint density at radius 2 is 1.67 bits per heavy atom. The summed E-state index contributed by atoms with van der Waals surface area (Å²) in [5.41, 5.74) is 6.37. The zero-order valence-corrected chi connectivity index (χ0v) is 21.7. The fraction of sp³-hybridized carbons (Fsp3) is 0.400. The summed E-state index contributed by atoms with van der Waals surface area (Å²) in [5, 5.41) is 5.75. The van der Waals surface area contributed by atoms with Crippen LogP contribution in [0.1, 0.15) is 54.4 Å². The number of anilines is 1. The van der Waals surface area contributed by atoms with Gasteiger partial charge in [0.15, 0.2) is 0 Å². The van der Waals surface area contributed by atoms with E-state index in [-0.39, 0.29) is 29.0 Å². The van der Waals surface area contributed by atoms with Gasteiger partial charge in [0, 0.05) is 35.8 Å². The molecule has 11 heteroatoms. The number of amides is 3. The number of carbonyl (C=O) groups is 3. The highest BCUT2D eigenvalue weighted by Gasteiger charge is 2.28. The first-order valence-electron chi connectivity index (χ1n) is 11.8. The second-order valence-corrected chi connectivity index (χ2v) is 11.2. The first-order chi connectivity index (χ1) is 17.1. The molecule has 194 valence electrons. The summed E-state index contributed by atoms with van der Waals surface area (Å²) in [4.78, 5) is 37.2. The van der Waals surface area contributed by atoms with Gasteiger partial charge in [-0.15, -0.1) is 0 Å². The molecule has 2 aromatic carbocycles. The van der Waals surface area contributed by atoms with Crippen LogP contribution in [0.25, 0.3) is 0 Å². The smallest absolute Gasteiger partial charge is 0.251 e. The molecule has 4 N–H and O–H groups in total. The molecule has 1 fully saturated rings. The van der Waals surface area contributed by atoms with Gasteiger partial charge in [0.1, 0.15) is 6.04 Å². The third kappa shape index (κ3) is 7.28. The van der Waals surface area contributed by atoms with E-state index in [2.05, 4.69) is 10.6 Å². The Kier molecular flexibility index (Phi) is 9.47. The lowest BCUT2D eigenvalue weighted by molar-refractivity contribution is -0.119. The van der Waals surface area contributed by atoms with Crippen LogP contribution in [-0.2, 0) is 19.6 Å². The molecule has 2 aromatic rings. The second kappa shape index (κ2) is 12.3. The van der Waals surface area contributed by atoms with E-state index in [0.717, 1.165) is 25.7 Å². The highest BCUT2D eigenvalue weighted by Crippen LogP contribution is 2.26. The average molecular weight is 535 g/mol. The fourth-order valence-electron chi connectivity index (χ4n) is 4.00. The third-order valence-electron chi connectivity index (χ3n) is 6.05. The summed E-state index contributed by atoms with van der Waals surface area (Å²) in [7, 11) is -3.73. The lowest BCUT2D eigenvalue weighted by Crippen LogP contribution is -2.44. The number of hydrogen-bond donors (Lipinski definition) is 3. The van der Waals surface area contributed by atoms with Gasteiger partial charge < -0.3 is 16.4 Å². The van der Waals surface area contributed by atoms with E-state index in [9.17, 15) is 22.8 Å². The number of nitrogens with zero attached hydrogens (tertiary/aromatic N) is 1. The molecule has 1 heterocycles. The van der Waals surface area contributed by atoms with Crippen molar-refractivity contribution in [1.82, 2.24) is 9.62 Å². The van der Waals surface area contributed by atoms with Crippen molar-refractivity contribution < 1.29 is 22.8 Å². The van der Waals surface area contributed by atoms with Crippen LogP contribution < -0.4 is 16.4 Å². The van der Waals surface area contributed by atoms with Crippen molar-refractivity contribution in [2.75, 3.05) is 18.4 Å². The lowest BCUT2D eigenvalue weighted by Gasteiger charge is -2.22. The van der Waals surface area contributed by atoms with Crippen LogP contribution >= 0.6 is 11.6 Å². The van der Waals surface area contributed by atoms with E-state index >= 15 is 0 Å². The maximum atomic E-state index is 13.3. The van der Waals surface area contributed by atoms with Gasteiger partial charge in [0.05, 0.1) is 4.90 Å². The number of hydrogen-bond acceptors (Lipinski definition) is 5. The van der Waals surface area contributed by atoms with Gasteiger partial charge in [-0.25, -0.2) is 8.42 Å². The number of carbonyl (C=O) groups excluding carboxylic acids is 3. The van der Waals surface area contributed by atoms with E-state index in [0.29, 0.717) is 23.7 Å². The van der Waals surface area contributed by atoms with Crippen molar-refractivity contribution in [2.24, 2.45) is 5.73 Å². The van der Waals surface area contributed by atoms with E-state index in [4.69, 9.17) is 17.3 Å². The van der Waals surface area contributed by atoms with Crippen molar-refractivity contribution >= 4 is 45.0 Å². The van der Waals surface area contributed by atoms with Gasteiger partial charge in [0.2, 0.25) is 21.8 Å². The maximum absolute atomic E-state index is 13.3. The third-order valence-corrected chi connectivity index (χ3v) is 8.34. The minimum atomic E-state index is -3.73. The molecule has 9 nitrogen and oxygen atoms in total. The van der Waals surface area contributed by atoms with E-state index < -0.39 is 33.8 Å². The van der Waals surface area contributed by atoms with Crippen molar-refractivity contribution in [3.05, 3.63) is 58.6 Å². The largest absolute Gasteiger partial charge is 0.370 e. The van der Waals surface area contributed by atoms with Crippen LogP contribution in [0.2, 0.25) is 5.02 Å². The Morgan fingerprint density at radius 3 is 2.28 bits per heavy atom. The zero-order chi connectivity index (χ0) is 26.3. The number of benzene rings is 2. The van der Waals surface area contributed by atoms with Crippen molar-refractivity contribution in [3.63, 3.8) is 0 Å². The number of primary amides is 1. The lowest BCUT2D eigenvalue weighted by atomic mass is 10.1. The molecule has 1 aliphatic heterocycles. The molecule has 0 spiro atoms. The Labute approximate surface area is 216 Å². The highest BCUT2D eigenvalue weighted by atomic mass is 35.5. The van der Waals surface area contributed by atoms with E-state index in [1.165, 1.54) is 22.5 Å². The SMILES string of the molecule is Cc1ccc(NC(=O)[C@H](CCC(N)=O)NC(=O)c2ccc(Cl)cc2)cc1S(=O)(=O)N1CCCCCC1. The molecular formula is C25H31ClN4O5S. The Balaban J connectivity index is 1.80. The highest BCUT2D eigenvalue weighted by molar-refractivity contribution is 7.89. The van der Waals surface area contributed by atoms with Crippen molar-refractivity contribution in [2.45, 2.75) is 56.4 Å². The molecule has 36 heavy (non-hydrogen) atoms. The normalized spacial score (nSPS) is 15.5. The Morgan fingerprint density at radius 1 is 1.03 bits per heavy atom. The molecule has 0 aromatic heterocycles. The summed E-state index contributed by atoms with van der Waals surface area (Å²) in [6.45, 7) is 2.63. The number of halogens is 1. The average Bonchev–Trinajstić information content (AvgIpc) is 3.13. The first-order valence-corrected chi connectivity index (χ1v) is 13.7. The van der Waals surface area contributed by atoms with Gasteiger partial charge in [0.25, 0.3) is 5.91 Å². The predicted octanol–water partition coefficient (Wildman–Crippen LogP) is 3.22. The van der Waals surface area contributed by atoms with Crippen LogP contribution in [0.3, 0.4) is 0 Å². The number of nitrogens with one attached hydrogen (secondary N) is 2. The van der Waals surface area contributed by atoms with Crippen LogP contribution in [0, 0.1) is 6.92 Å². The van der Waals surface area contributed by atoms with Gasteiger partial charge in [-0.3, -0.25) is 14.4 Å². The first kappa shape index (κ1) is 27.6. The number of rotatable bonds is 9. The minimum absolute atomic E-state index is 0.0225. The number of nitrogens with two attached hydrogens (primary N) is 1. The van der Waals surface area contributed by atoms with E-state index in [1.807, 2.05) is 0 Å². The van der Waals surface area contributed by atoms with Crippen LogP contribution in [0.5, 0.6) is 0 Å². The predicted molar refractivity (Wildman–Crippen MR) is 138 cm³/mol. The van der Waals surface area contributed by atoms with Crippen LogP contribution in [0.15, 0.2) is 47.4 Å². The summed E-state index contributed by atoms with van der Waals surface area (Å²) < 4.78 is 28.2. The van der Waals surface area contributed by atoms with Crippen LogP contribution in [0.4, 0.5) is 5.69 Å². The Bertz CT molecular complexity index is 1210. The molecule has 0 radical (unpaired) electrons. The standard InChI is InChI=1S/C25H31ClN4O5S/c1-17-6-11-20(16-22(17)36(34,35)30-14-4-2-3-5-15-30)28-25(33)21(12-13-23(27)31)29-24(32)18-7-9-19(26)10-8-18/h6-11,16,21H,2-5,12-15H2,1H3,(H2,27,31)(H,28,33)(H,29,32)/t21-/m0/s1. The second-order valence-electron chi connectivity index (χ2n) is 8.83. The maximum Gasteiger partial charge on any atom is 0.251 e. The molecule has 1 saturated heterocycles. The molecule has 0 saturated carbocycles. The van der Waals surface area contributed by atoms with E-state index in [1.54, 1.807) is 31.2 Å². The molecule has 0 unspecified atom stereocenters. The minimum Gasteiger partial charge on any atom is -0.370 e. The van der Waals surface area contributed by atoms with Crippen molar-refractivity contribution in [3.8, 4) is 0 Å². The molecule has 3 amide bonds. The molecule has 1 aliphatic rings. The quantitative estimate of drug-likeness (QED) is 0.453. The van der Waals surface area contributed by atoms with Gasteiger partial charge in [-0.2, -0.15) is 4.31 Å². The topological polar surface area (TPSA) is 139 Å². The summed E-state index contributed by atoms with van der Waals surface area (Å²) in [6.07, 6.45) is 3.46. The molecule has 0 aliphatic carbocycles. The molecule has 0 bridgehead atoms. The Hall–Kier alpha value is -2.95. The van der Waals surface area contributed by atoms with Gasteiger partial charge >= 0.3 is 0 Å². The molecular weight excluding hydrogens is 504 g/mol. The molecule has 1 atom stereocenters. The number of sulfonamides is 1. The number of aryl methyl sites for hydroxylation is 1. The molecule has 3 rings (SSSR count). The summed E-state index contributed by atoms with van der Waals surface area (Å²) in [6, 6.07) is 9.71. The summed E-state index contributed by atoms with van der Waals surface area (Å²) >= 11 is 5.87. The monoisotopic (exact) mass is 534 g/mol. The summed E-state index contributed by atoms with van der Waals surface area (Å²) in [5.74, 6) is -1.74. The fourth-order valence-corrected chi connectivity index (χ4v) is 5.90. The van der Waals surface area contributed by atoms with Gasteiger partial charge in [-0.1, -0.05) is 30.5 Å². The van der Waals surface area contributed by atoms with Crippen LogP contribution in [-0.4, -0.2) is 49.6 Å². The van der Waals surface area contributed by atoms with Gasteiger partial charge in [-0.05, 0) is 68.1 Å². The zero-order valence-electron chi connectivity index (χ0n) is 20.1. The van der Waals surface area contributed by atoms with Crippen molar-refractivity contribution in [1.29, 1.82) is 0 Å².